The number of nitrogen functional groups attached to an aromatic ring is 1. The number of hydrogen-bond acceptors (Lipinski definition) is 2. The maximum Gasteiger partial charge on any atom is 0.0901 e. The van der Waals surface area contributed by atoms with Crippen molar-refractivity contribution in [3.8, 4) is 0 Å². The molecule has 0 aliphatic carbocycles. The first-order chi connectivity index (χ1) is 6.77. The van der Waals surface area contributed by atoms with Gasteiger partial charge in [0.25, 0.3) is 0 Å². The van der Waals surface area contributed by atoms with Gasteiger partial charge in [0.1, 0.15) is 0 Å². The fraction of sp³-hybridized carbons (Fsp3) is 0.273. The molecule has 0 aliphatic rings. The zero-order chi connectivity index (χ0) is 10.1. The number of nitrogens with two attached hydrogens (primary N) is 1. The van der Waals surface area contributed by atoms with Gasteiger partial charge in [-0.05, 0) is 23.6 Å². The van der Waals surface area contributed by atoms with Crippen LogP contribution in [0.2, 0.25) is 0 Å². The van der Waals surface area contributed by atoms with E-state index in [2.05, 4.69) is 41.1 Å². The third-order valence-corrected chi connectivity index (χ3v) is 4.06. The van der Waals surface area contributed by atoms with Crippen LogP contribution in [-0.2, 0) is 11.8 Å². The molecule has 74 valence electrons. The number of hydrogen-bond donors (Lipinski definition) is 1. The molecule has 0 bridgehead atoms. The van der Waals surface area contributed by atoms with Crippen molar-refractivity contribution >= 4 is 42.4 Å². The van der Waals surface area contributed by atoms with Crippen LogP contribution in [0.25, 0.3) is 10.1 Å². The standard InChI is InChI=1S/C11H12BrNS/c1-2-8-10-7(6-12)4-3-5-9(10)14-11(8)13/h3-5H,2,6,13H2,1H3. The van der Waals surface area contributed by atoms with Gasteiger partial charge in [0.05, 0.1) is 5.00 Å². The van der Waals surface area contributed by atoms with E-state index in [0.29, 0.717) is 0 Å². The molecule has 0 saturated heterocycles. The zero-order valence-corrected chi connectivity index (χ0v) is 10.4. The Kier molecular flexibility index (Phi) is 2.79. The second-order valence-corrected chi connectivity index (χ2v) is 4.87. The van der Waals surface area contributed by atoms with Gasteiger partial charge in [-0.3, -0.25) is 0 Å². The molecule has 2 N–H and O–H groups in total. The Hall–Kier alpha value is -0.540. The molecule has 0 saturated carbocycles. The van der Waals surface area contributed by atoms with Gasteiger partial charge < -0.3 is 5.73 Å². The molecule has 1 aromatic carbocycles. The highest BCUT2D eigenvalue weighted by Crippen LogP contribution is 2.36. The molecule has 2 aromatic rings. The van der Waals surface area contributed by atoms with E-state index in [1.54, 1.807) is 11.3 Å². The highest BCUT2D eigenvalue weighted by Gasteiger charge is 2.10. The fourth-order valence-corrected chi connectivity index (χ4v) is 3.35. The Bertz CT molecular complexity index is 462. The average Bonchev–Trinajstić information content (AvgIpc) is 2.52. The molecule has 0 unspecified atom stereocenters. The second kappa shape index (κ2) is 3.91. The van der Waals surface area contributed by atoms with Crippen LogP contribution in [0.4, 0.5) is 5.00 Å². The van der Waals surface area contributed by atoms with Gasteiger partial charge in [-0.15, -0.1) is 11.3 Å². The van der Waals surface area contributed by atoms with Gasteiger partial charge >= 0.3 is 0 Å². The molecule has 2 rings (SSSR count). The fourth-order valence-electron chi connectivity index (χ4n) is 1.77. The third kappa shape index (κ3) is 1.44. The van der Waals surface area contributed by atoms with Gasteiger partial charge in [-0.1, -0.05) is 35.0 Å². The normalized spacial score (nSPS) is 11.0. The molecule has 1 nitrogen and oxygen atoms in total. The lowest BCUT2D eigenvalue weighted by molar-refractivity contribution is 1.17. The Morgan fingerprint density at radius 1 is 1.43 bits per heavy atom. The number of halogens is 1. The smallest absolute Gasteiger partial charge is 0.0901 e. The summed E-state index contributed by atoms with van der Waals surface area (Å²) in [6.45, 7) is 2.16. The van der Waals surface area contributed by atoms with Gasteiger partial charge in [0, 0.05) is 15.4 Å². The van der Waals surface area contributed by atoms with Gasteiger partial charge in [0.15, 0.2) is 0 Å². The van der Waals surface area contributed by atoms with E-state index in [1.807, 2.05) is 0 Å². The first-order valence-corrected chi connectivity index (χ1v) is 6.56. The predicted molar refractivity (Wildman–Crippen MR) is 68.2 cm³/mol. The van der Waals surface area contributed by atoms with Crippen LogP contribution in [0.3, 0.4) is 0 Å². The number of anilines is 1. The minimum Gasteiger partial charge on any atom is -0.390 e. The summed E-state index contributed by atoms with van der Waals surface area (Å²) < 4.78 is 1.30. The average molecular weight is 270 g/mol. The highest BCUT2D eigenvalue weighted by molar-refractivity contribution is 9.08. The number of aryl methyl sites for hydroxylation is 1. The molecule has 0 radical (unpaired) electrons. The second-order valence-electron chi connectivity index (χ2n) is 3.22. The quantitative estimate of drug-likeness (QED) is 0.822. The van der Waals surface area contributed by atoms with Crippen molar-refractivity contribution < 1.29 is 0 Å². The molecule has 1 heterocycles. The first-order valence-electron chi connectivity index (χ1n) is 4.62. The maximum atomic E-state index is 5.99. The summed E-state index contributed by atoms with van der Waals surface area (Å²) in [5.41, 5.74) is 8.64. The molecule has 0 spiro atoms. The molecule has 1 aromatic heterocycles. The summed E-state index contributed by atoms with van der Waals surface area (Å²) in [5.74, 6) is 0. The minimum atomic E-state index is 0.896. The Labute approximate surface area is 96.1 Å². The summed E-state index contributed by atoms with van der Waals surface area (Å²) in [6, 6.07) is 6.39. The van der Waals surface area contributed by atoms with E-state index in [9.17, 15) is 0 Å². The van der Waals surface area contributed by atoms with Crippen molar-refractivity contribution in [2.45, 2.75) is 18.7 Å². The monoisotopic (exact) mass is 269 g/mol. The Morgan fingerprint density at radius 2 is 2.21 bits per heavy atom. The number of thiophene rings is 1. The number of alkyl halides is 1. The molecule has 0 amide bonds. The van der Waals surface area contributed by atoms with E-state index in [0.717, 1.165) is 16.8 Å². The van der Waals surface area contributed by atoms with Gasteiger partial charge in [-0.2, -0.15) is 0 Å². The van der Waals surface area contributed by atoms with E-state index >= 15 is 0 Å². The highest BCUT2D eigenvalue weighted by atomic mass is 79.9. The van der Waals surface area contributed by atoms with Crippen LogP contribution in [0.15, 0.2) is 18.2 Å². The summed E-state index contributed by atoms with van der Waals surface area (Å²) in [6.07, 6.45) is 1.01. The molecule has 14 heavy (non-hydrogen) atoms. The summed E-state index contributed by atoms with van der Waals surface area (Å²) in [7, 11) is 0. The third-order valence-electron chi connectivity index (χ3n) is 2.43. The van der Waals surface area contributed by atoms with Gasteiger partial charge in [0.2, 0.25) is 0 Å². The van der Waals surface area contributed by atoms with E-state index < -0.39 is 0 Å². The van der Waals surface area contributed by atoms with Crippen molar-refractivity contribution in [2.24, 2.45) is 0 Å². The Morgan fingerprint density at radius 3 is 2.86 bits per heavy atom. The largest absolute Gasteiger partial charge is 0.390 e. The van der Waals surface area contributed by atoms with Crippen LogP contribution in [0.5, 0.6) is 0 Å². The molecular formula is C11H12BrNS. The maximum absolute atomic E-state index is 5.99. The van der Waals surface area contributed by atoms with E-state index in [-0.39, 0.29) is 0 Å². The van der Waals surface area contributed by atoms with Crippen LogP contribution >= 0.6 is 27.3 Å². The lowest BCUT2D eigenvalue weighted by Crippen LogP contribution is -1.88. The van der Waals surface area contributed by atoms with Crippen molar-refractivity contribution in [3.63, 3.8) is 0 Å². The molecule has 0 aliphatic heterocycles. The van der Waals surface area contributed by atoms with Gasteiger partial charge in [-0.25, -0.2) is 0 Å². The zero-order valence-electron chi connectivity index (χ0n) is 8.01. The number of rotatable bonds is 2. The van der Waals surface area contributed by atoms with Crippen LogP contribution < -0.4 is 5.73 Å². The topological polar surface area (TPSA) is 26.0 Å². The molecule has 3 heteroatoms. The SMILES string of the molecule is CCc1c(N)sc2cccc(CBr)c12. The van der Waals surface area contributed by atoms with Crippen LogP contribution in [0, 0.1) is 0 Å². The summed E-state index contributed by atoms with van der Waals surface area (Å²) in [5, 5.41) is 3.22. The van der Waals surface area contributed by atoms with Crippen molar-refractivity contribution in [1.29, 1.82) is 0 Å². The Balaban J connectivity index is 2.82. The molecule has 0 fully saturated rings. The van der Waals surface area contributed by atoms with E-state index in [1.165, 1.54) is 21.2 Å². The van der Waals surface area contributed by atoms with Crippen molar-refractivity contribution in [3.05, 3.63) is 29.3 Å². The number of benzene rings is 1. The van der Waals surface area contributed by atoms with Crippen LogP contribution in [0.1, 0.15) is 18.1 Å². The van der Waals surface area contributed by atoms with Crippen molar-refractivity contribution in [2.75, 3.05) is 5.73 Å². The predicted octanol–water partition coefficient (Wildman–Crippen LogP) is 3.94. The number of fused-ring (bicyclic) bond motifs is 1. The molecule has 0 atom stereocenters. The van der Waals surface area contributed by atoms with Crippen LogP contribution in [-0.4, -0.2) is 0 Å². The van der Waals surface area contributed by atoms with E-state index in [4.69, 9.17) is 5.73 Å². The minimum absolute atomic E-state index is 0.896. The molecular weight excluding hydrogens is 258 g/mol. The van der Waals surface area contributed by atoms with Crippen molar-refractivity contribution in [1.82, 2.24) is 0 Å². The lowest BCUT2D eigenvalue weighted by Gasteiger charge is -2.01. The first kappa shape index (κ1) is 9.99. The summed E-state index contributed by atoms with van der Waals surface area (Å²) in [4.78, 5) is 0. The lowest BCUT2D eigenvalue weighted by atomic mass is 10.1. The summed E-state index contributed by atoms with van der Waals surface area (Å²) >= 11 is 5.20.